The highest BCUT2D eigenvalue weighted by molar-refractivity contribution is 5.96. The summed E-state index contributed by atoms with van der Waals surface area (Å²) in [6, 6.07) is 8.40. The van der Waals surface area contributed by atoms with E-state index in [1.54, 1.807) is 30.3 Å². The predicted molar refractivity (Wildman–Crippen MR) is 97.4 cm³/mol. The molecule has 5 nitrogen and oxygen atoms in total. The molecule has 0 radical (unpaired) electrons. The zero-order chi connectivity index (χ0) is 18.8. The summed E-state index contributed by atoms with van der Waals surface area (Å²) >= 11 is 0. The van der Waals surface area contributed by atoms with Gasteiger partial charge in [0.1, 0.15) is 11.9 Å². The van der Waals surface area contributed by atoms with Crippen molar-refractivity contribution in [3.8, 4) is 0 Å². The lowest BCUT2D eigenvalue weighted by atomic mass is 10.0. The Balaban J connectivity index is 1.70. The third-order valence-electron chi connectivity index (χ3n) is 5.33. The van der Waals surface area contributed by atoms with Gasteiger partial charge in [-0.05, 0) is 43.9 Å². The van der Waals surface area contributed by atoms with E-state index < -0.39 is 11.9 Å². The lowest BCUT2D eigenvalue weighted by Crippen LogP contribution is -2.47. The molecular formula is C21H23FN2O3. The van der Waals surface area contributed by atoms with Crippen LogP contribution in [0.15, 0.2) is 47.1 Å². The molecule has 1 aromatic carbocycles. The molecule has 2 aliphatic carbocycles. The van der Waals surface area contributed by atoms with E-state index in [1.807, 2.05) is 0 Å². The molecule has 4 rings (SSSR count). The Hall–Kier alpha value is -2.63. The van der Waals surface area contributed by atoms with Gasteiger partial charge in [-0.15, -0.1) is 0 Å². The number of nitrogens with zero attached hydrogens (tertiary/aromatic N) is 1. The van der Waals surface area contributed by atoms with Crippen LogP contribution in [-0.4, -0.2) is 28.8 Å². The third-order valence-corrected chi connectivity index (χ3v) is 5.33. The van der Waals surface area contributed by atoms with Crippen molar-refractivity contribution in [2.75, 3.05) is 0 Å². The van der Waals surface area contributed by atoms with Gasteiger partial charge in [0.15, 0.2) is 5.76 Å². The molecule has 27 heavy (non-hydrogen) atoms. The standard InChI is InChI=1S/C21H23FN2O3/c22-17-9-4-3-8-16(17)19(20(25)23-14-6-1-2-7-14)24(15-11-12-15)21(26)18-10-5-13-27-18/h3-5,8-10,13-15,19H,1-2,6-7,11-12H2,(H,23,25). The van der Waals surface area contributed by atoms with Gasteiger partial charge >= 0.3 is 0 Å². The number of rotatable bonds is 6. The fourth-order valence-electron chi connectivity index (χ4n) is 3.84. The maximum absolute atomic E-state index is 14.6. The van der Waals surface area contributed by atoms with Gasteiger partial charge in [0.2, 0.25) is 5.91 Å². The Morgan fingerprint density at radius 3 is 2.44 bits per heavy atom. The molecule has 1 atom stereocenters. The van der Waals surface area contributed by atoms with Crippen molar-refractivity contribution < 1.29 is 18.4 Å². The van der Waals surface area contributed by atoms with Gasteiger partial charge in [-0.3, -0.25) is 9.59 Å². The van der Waals surface area contributed by atoms with E-state index in [2.05, 4.69) is 5.32 Å². The van der Waals surface area contributed by atoms with E-state index in [0.717, 1.165) is 38.5 Å². The molecule has 1 aromatic heterocycles. The number of nitrogens with one attached hydrogen (secondary N) is 1. The van der Waals surface area contributed by atoms with Gasteiger partial charge in [0.25, 0.3) is 5.91 Å². The first-order valence-electron chi connectivity index (χ1n) is 9.56. The predicted octanol–water partition coefficient (Wildman–Crippen LogP) is 3.82. The number of carbonyl (C=O) groups is 2. The molecule has 0 bridgehead atoms. The number of hydrogen-bond acceptors (Lipinski definition) is 3. The van der Waals surface area contributed by atoms with E-state index in [-0.39, 0.29) is 35.2 Å². The molecular weight excluding hydrogens is 347 g/mol. The molecule has 0 aliphatic heterocycles. The van der Waals surface area contributed by atoms with Crippen LogP contribution in [0.1, 0.15) is 60.7 Å². The fourth-order valence-corrected chi connectivity index (χ4v) is 3.84. The number of amides is 2. The normalized spacial score (nSPS) is 18.3. The summed E-state index contributed by atoms with van der Waals surface area (Å²) in [5.74, 6) is -1.02. The van der Waals surface area contributed by atoms with Crippen LogP contribution >= 0.6 is 0 Å². The van der Waals surface area contributed by atoms with Crippen LogP contribution in [0.2, 0.25) is 0 Å². The highest BCUT2D eigenvalue weighted by Crippen LogP contribution is 2.37. The molecule has 0 spiro atoms. The number of benzene rings is 1. The Morgan fingerprint density at radius 1 is 1.07 bits per heavy atom. The molecule has 6 heteroatoms. The lowest BCUT2D eigenvalue weighted by Gasteiger charge is -2.32. The quantitative estimate of drug-likeness (QED) is 0.841. The molecule has 1 heterocycles. The zero-order valence-electron chi connectivity index (χ0n) is 15.1. The molecule has 2 fully saturated rings. The first kappa shape index (κ1) is 17.8. The maximum atomic E-state index is 14.6. The van der Waals surface area contributed by atoms with Gasteiger partial charge in [0, 0.05) is 17.6 Å². The van der Waals surface area contributed by atoms with E-state index in [4.69, 9.17) is 4.42 Å². The first-order valence-corrected chi connectivity index (χ1v) is 9.56. The molecule has 1 unspecified atom stereocenters. The largest absolute Gasteiger partial charge is 0.459 e. The minimum absolute atomic E-state index is 0.0819. The van der Waals surface area contributed by atoms with Crippen LogP contribution in [-0.2, 0) is 4.79 Å². The summed E-state index contributed by atoms with van der Waals surface area (Å²) in [5, 5.41) is 3.04. The summed E-state index contributed by atoms with van der Waals surface area (Å²) in [6.07, 6.45) is 7.02. The zero-order valence-corrected chi connectivity index (χ0v) is 15.1. The van der Waals surface area contributed by atoms with Gasteiger partial charge in [-0.1, -0.05) is 31.0 Å². The van der Waals surface area contributed by atoms with Crippen molar-refractivity contribution in [3.63, 3.8) is 0 Å². The van der Waals surface area contributed by atoms with Crippen molar-refractivity contribution >= 4 is 11.8 Å². The highest BCUT2D eigenvalue weighted by Gasteiger charge is 2.43. The van der Waals surface area contributed by atoms with Crippen LogP contribution in [0, 0.1) is 5.82 Å². The molecule has 1 N–H and O–H groups in total. The summed E-state index contributed by atoms with van der Waals surface area (Å²) in [4.78, 5) is 27.8. The van der Waals surface area contributed by atoms with Crippen molar-refractivity contribution in [1.29, 1.82) is 0 Å². The van der Waals surface area contributed by atoms with E-state index in [1.165, 1.54) is 17.2 Å². The summed E-state index contributed by atoms with van der Waals surface area (Å²) in [6.45, 7) is 0. The summed E-state index contributed by atoms with van der Waals surface area (Å²) < 4.78 is 19.9. The van der Waals surface area contributed by atoms with Gasteiger partial charge in [-0.25, -0.2) is 4.39 Å². The van der Waals surface area contributed by atoms with Gasteiger partial charge in [-0.2, -0.15) is 0 Å². The number of furan rings is 1. The average molecular weight is 370 g/mol. The number of carbonyl (C=O) groups excluding carboxylic acids is 2. The van der Waals surface area contributed by atoms with Crippen molar-refractivity contribution in [2.45, 2.75) is 56.7 Å². The number of halogens is 1. The monoisotopic (exact) mass is 370 g/mol. The second-order valence-corrected chi connectivity index (χ2v) is 7.33. The molecule has 0 saturated heterocycles. The fraction of sp³-hybridized carbons (Fsp3) is 0.429. The SMILES string of the molecule is O=C(NC1CCCC1)C(c1ccccc1F)N(C(=O)c1ccco1)C1CC1. The maximum Gasteiger partial charge on any atom is 0.290 e. The minimum Gasteiger partial charge on any atom is -0.459 e. The molecule has 2 amide bonds. The topological polar surface area (TPSA) is 62.6 Å². The molecule has 2 aromatic rings. The lowest BCUT2D eigenvalue weighted by molar-refractivity contribution is -0.127. The summed E-state index contributed by atoms with van der Waals surface area (Å²) in [7, 11) is 0. The van der Waals surface area contributed by atoms with Crippen LogP contribution in [0.5, 0.6) is 0 Å². The van der Waals surface area contributed by atoms with Crippen LogP contribution in [0.4, 0.5) is 4.39 Å². The first-order chi connectivity index (χ1) is 13.1. The van der Waals surface area contributed by atoms with Gasteiger partial charge in [0.05, 0.1) is 6.26 Å². The summed E-state index contributed by atoms with van der Waals surface area (Å²) in [5.41, 5.74) is 0.222. The Morgan fingerprint density at radius 2 is 1.81 bits per heavy atom. The van der Waals surface area contributed by atoms with Crippen molar-refractivity contribution in [2.24, 2.45) is 0 Å². The molecule has 2 saturated carbocycles. The average Bonchev–Trinajstić information content (AvgIpc) is 3.11. The van der Waals surface area contributed by atoms with E-state index >= 15 is 0 Å². The smallest absolute Gasteiger partial charge is 0.290 e. The molecule has 142 valence electrons. The second-order valence-electron chi connectivity index (χ2n) is 7.33. The number of hydrogen-bond donors (Lipinski definition) is 1. The minimum atomic E-state index is -1.00. The molecule has 2 aliphatic rings. The van der Waals surface area contributed by atoms with Crippen LogP contribution in [0.25, 0.3) is 0 Å². The van der Waals surface area contributed by atoms with E-state index in [0.29, 0.717) is 0 Å². The Labute approximate surface area is 157 Å². The van der Waals surface area contributed by atoms with Crippen LogP contribution in [0.3, 0.4) is 0 Å². The van der Waals surface area contributed by atoms with Crippen molar-refractivity contribution in [3.05, 3.63) is 59.8 Å². The second kappa shape index (κ2) is 7.55. The Kier molecular flexibility index (Phi) is 4.97. The van der Waals surface area contributed by atoms with Crippen LogP contribution < -0.4 is 5.32 Å². The third kappa shape index (κ3) is 3.75. The van der Waals surface area contributed by atoms with E-state index in [9.17, 15) is 14.0 Å². The van der Waals surface area contributed by atoms with Crippen molar-refractivity contribution in [1.82, 2.24) is 10.2 Å². The Bertz CT molecular complexity index is 811. The highest BCUT2D eigenvalue weighted by atomic mass is 19.1. The van der Waals surface area contributed by atoms with Gasteiger partial charge < -0.3 is 14.6 Å².